The fourth-order valence-electron chi connectivity index (χ4n) is 2.28. The van der Waals surface area contributed by atoms with E-state index in [9.17, 15) is 4.79 Å². The second kappa shape index (κ2) is 6.27. The van der Waals surface area contributed by atoms with Gasteiger partial charge in [-0.15, -0.1) is 10.2 Å². The average Bonchev–Trinajstić information content (AvgIpc) is 3.07. The van der Waals surface area contributed by atoms with Crippen molar-refractivity contribution in [2.75, 3.05) is 5.32 Å². The average molecular weight is 315 g/mol. The molecule has 0 saturated heterocycles. The van der Waals surface area contributed by atoms with Crippen LogP contribution in [-0.4, -0.2) is 16.1 Å². The number of aryl methyl sites for hydroxylation is 2. The molecule has 3 aromatic rings. The molecule has 0 saturated carbocycles. The largest absolute Gasteiger partial charge is 0.464 e. The lowest BCUT2D eigenvalue weighted by Gasteiger charge is -2.00. The molecule has 2 heterocycles. The van der Waals surface area contributed by atoms with E-state index in [2.05, 4.69) is 22.4 Å². The highest BCUT2D eigenvalue weighted by atomic mass is 32.1. The summed E-state index contributed by atoms with van der Waals surface area (Å²) in [5.41, 5.74) is 2.82. The van der Waals surface area contributed by atoms with Gasteiger partial charge in [-0.1, -0.05) is 30.4 Å². The SMILES string of the molecule is CCCc1nnc(NC(=O)Cc2coc3cc(C)ccc23)s1. The maximum Gasteiger partial charge on any atom is 0.230 e. The maximum absolute atomic E-state index is 12.1. The van der Waals surface area contributed by atoms with Crippen molar-refractivity contribution in [3.63, 3.8) is 0 Å². The number of benzene rings is 1. The van der Waals surface area contributed by atoms with Crippen LogP contribution in [0.25, 0.3) is 11.0 Å². The summed E-state index contributed by atoms with van der Waals surface area (Å²) in [4.78, 5) is 12.1. The number of nitrogens with zero attached hydrogens (tertiary/aromatic N) is 2. The van der Waals surface area contributed by atoms with Crippen LogP contribution in [-0.2, 0) is 17.6 Å². The molecule has 0 bridgehead atoms. The number of carbonyl (C=O) groups excluding carboxylic acids is 1. The zero-order valence-corrected chi connectivity index (χ0v) is 13.4. The highest BCUT2D eigenvalue weighted by Crippen LogP contribution is 2.23. The van der Waals surface area contributed by atoms with Crippen LogP contribution in [0, 0.1) is 6.92 Å². The second-order valence-electron chi connectivity index (χ2n) is 5.24. The Bertz CT molecular complexity index is 807. The first-order valence-electron chi connectivity index (χ1n) is 7.24. The van der Waals surface area contributed by atoms with E-state index in [4.69, 9.17) is 4.42 Å². The van der Waals surface area contributed by atoms with Gasteiger partial charge in [-0.3, -0.25) is 4.79 Å². The minimum atomic E-state index is -0.109. The number of hydrogen-bond donors (Lipinski definition) is 1. The van der Waals surface area contributed by atoms with Crippen LogP contribution in [0.4, 0.5) is 5.13 Å². The van der Waals surface area contributed by atoms with Gasteiger partial charge in [0.25, 0.3) is 0 Å². The molecule has 0 fully saturated rings. The van der Waals surface area contributed by atoms with E-state index in [-0.39, 0.29) is 12.3 Å². The molecule has 1 aromatic carbocycles. The Hall–Kier alpha value is -2.21. The predicted molar refractivity (Wildman–Crippen MR) is 87.2 cm³/mol. The zero-order valence-electron chi connectivity index (χ0n) is 12.5. The molecule has 3 rings (SSSR count). The van der Waals surface area contributed by atoms with Crippen LogP contribution in [0.1, 0.15) is 29.5 Å². The van der Waals surface area contributed by atoms with Crippen LogP contribution in [0.2, 0.25) is 0 Å². The molecular formula is C16H17N3O2S. The Morgan fingerprint density at radius 3 is 3.05 bits per heavy atom. The van der Waals surface area contributed by atoms with Gasteiger partial charge in [-0.05, 0) is 25.0 Å². The van der Waals surface area contributed by atoms with E-state index in [1.807, 2.05) is 25.1 Å². The number of rotatable bonds is 5. The summed E-state index contributed by atoms with van der Waals surface area (Å²) in [6.45, 7) is 4.10. The molecular weight excluding hydrogens is 298 g/mol. The van der Waals surface area contributed by atoms with E-state index in [0.29, 0.717) is 5.13 Å². The second-order valence-corrected chi connectivity index (χ2v) is 6.30. The third kappa shape index (κ3) is 3.17. The number of fused-ring (bicyclic) bond motifs is 1. The van der Waals surface area contributed by atoms with Gasteiger partial charge >= 0.3 is 0 Å². The van der Waals surface area contributed by atoms with Crippen molar-refractivity contribution >= 4 is 33.3 Å². The van der Waals surface area contributed by atoms with Crippen molar-refractivity contribution in [2.45, 2.75) is 33.1 Å². The van der Waals surface area contributed by atoms with Crippen molar-refractivity contribution in [2.24, 2.45) is 0 Å². The first-order chi connectivity index (χ1) is 10.7. The van der Waals surface area contributed by atoms with E-state index < -0.39 is 0 Å². The van der Waals surface area contributed by atoms with Gasteiger partial charge in [0.05, 0.1) is 12.7 Å². The van der Waals surface area contributed by atoms with Crippen LogP contribution in [0.15, 0.2) is 28.9 Å². The lowest BCUT2D eigenvalue weighted by Crippen LogP contribution is -2.13. The fourth-order valence-corrected chi connectivity index (χ4v) is 3.14. The number of carbonyl (C=O) groups is 1. The summed E-state index contributed by atoms with van der Waals surface area (Å²) in [6.07, 6.45) is 3.81. The van der Waals surface area contributed by atoms with Gasteiger partial charge in [0, 0.05) is 17.4 Å². The summed E-state index contributed by atoms with van der Waals surface area (Å²) in [6, 6.07) is 5.97. The Morgan fingerprint density at radius 2 is 2.23 bits per heavy atom. The van der Waals surface area contributed by atoms with Gasteiger partial charge in [-0.25, -0.2) is 0 Å². The van der Waals surface area contributed by atoms with Gasteiger partial charge in [0.1, 0.15) is 10.6 Å². The predicted octanol–water partition coefficient (Wildman–Crippen LogP) is 3.73. The number of nitrogens with one attached hydrogen (secondary N) is 1. The van der Waals surface area contributed by atoms with Gasteiger partial charge < -0.3 is 9.73 Å². The zero-order chi connectivity index (χ0) is 15.5. The lowest BCUT2D eigenvalue weighted by atomic mass is 10.1. The van der Waals surface area contributed by atoms with Crippen molar-refractivity contribution in [1.29, 1.82) is 0 Å². The molecule has 22 heavy (non-hydrogen) atoms. The smallest absolute Gasteiger partial charge is 0.230 e. The molecule has 0 unspecified atom stereocenters. The monoisotopic (exact) mass is 315 g/mol. The molecule has 114 valence electrons. The quantitative estimate of drug-likeness (QED) is 0.779. The summed E-state index contributed by atoms with van der Waals surface area (Å²) < 4.78 is 5.51. The number of aromatic nitrogens is 2. The molecule has 0 aliphatic heterocycles. The fraction of sp³-hybridized carbons (Fsp3) is 0.312. The van der Waals surface area contributed by atoms with E-state index >= 15 is 0 Å². The number of furan rings is 1. The van der Waals surface area contributed by atoms with Gasteiger partial charge in [0.2, 0.25) is 11.0 Å². The molecule has 0 aliphatic carbocycles. The molecule has 1 amide bonds. The molecule has 0 atom stereocenters. The van der Waals surface area contributed by atoms with Crippen LogP contribution in [0.3, 0.4) is 0 Å². The summed E-state index contributed by atoms with van der Waals surface area (Å²) in [5, 5.41) is 13.3. The topological polar surface area (TPSA) is 68.0 Å². The summed E-state index contributed by atoms with van der Waals surface area (Å²) >= 11 is 1.43. The Labute approximate surface area is 132 Å². The molecule has 0 aliphatic rings. The van der Waals surface area contributed by atoms with Crippen molar-refractivity contribution in [3.05, 3.63) is 40.6 Å². The normalized spacial score (nSPS) is 11.0. The van der Waals surface area contributed by atoms with Gasteiger partial charge in [-0.2, -0.15) is 0 Å². The highest BCUT2D eigenvalue weighted by molar-refractivity contribution is 7.15. The van der Waals surface area contributed by atoms with Crippen LogP contribution >= 0.6 is 11.3 Å². The molecule has 1 N–H and O–H groups in total. The maximum atomic E-state index is 12.1. The number of hydrogen-bond acceptors (Lipinski definition) is 5. The number of anilines is 1. The molecule has 0 radical (unpaired) electrons. The first-order valence-corrected chi connectivity index (χ1v) is 8.06. The summed E-state index contributed by atoms with van der Waals surface area (Å²) in [5.74, 6) is -0.109. The molecule has 6 heteroatoms. The highest BCUT2D eigenvalue weighted by Gasteiger charge is 2.12. The first kappa shape index (κ1) is 14.7. The van der Waals surface area contributed by atoms with E-state index in [1.54, 1.807) is 6.26 Å². The molecule has 5 nitrogen and oxygen atoms in total. The van der Waals surface area contributed by atoms with Crippen molar-refractivity contribution < 1.29 is 9.21 Å². The lowest BCUT2D eigenvalue weighted by molar-refractivity contribution is -0.115. The number of amides is 1. The Balaban J connectivity index is 1.70. The van der Waals surface area contributed by atoms with Crippen LogP contribution < -0.4 is 5.32 Å². The van der Waals surface area contributed by atoms with Crippen molar-refractivity contribution in [1.82, 2.24) is 10.2 Å². The van der Waals surface area contributed by atoms with Gasteiger partial charge in [0.15, 0.2) is 0 Å². The Kier molecular flexibility index (Phi) is 4.20. The van der Waals surface area contributed by atoms with E-state index in [1.165, 1.54) is 11.3 Å². The molecule has 2 aromatic heterocycles. The Morgan fingerprint density at radius 1 is 1.36 bits per heavy atom. The third-order valence-electron chi connectivity index (χ3n) is 3.34. The standard InChI is InChI=1S/C16H17N3O2S/c1-3-4-15-18-19-16(22-15)17-14(20)8-11-9-21-13-7-10(2)5-6-12(11)13/h5-7,9H,3-4,8H2,1-2H3,(H,17,19,20). The minimum absolute atomic E-state index is 0.109. The van der Waals surface area contributed by atoms with Crippen LogP contribution in [0.5, 0.6) is 0 Å². The summed E-state index contributed by atoms with van der Waals surface area (Å²) in [7, 11) is 0. The molecule has 0 spiro atoms. The minimum Gasteiger partial charge on any atom is -0.464 e. The van der Waals surface area contributed by atoms with E-state index in [0.717, 1.165) is 39.9 Å². The third-order valence-corrected chi connectivity index (χ3v) is 4.24. The van der Waals surface area contributed by atoms with Crippen molar-refractivity contribution in [3.8, 4) is 0 Å².